The molecule has 201 valence electrons. The van der Waals surface area contributed by atoms with Crippen LogP contribution in [0.4, 0.5) is 0 Å². The molecule has 11 heteroatoms. The van der Waals surface area contributed by atoms with Crippen LogP contribution < -0.4 is 3.87 Å². The maximum absolute atomic E-state index is 12.5. The van der Waals surface area contributed by atoms with Crippen molar-refractivity contribution in [1.82, 2.24) is 39.9 Å². The van der Waals surface area contributed by atoms with Crippen LogP contribution in [-0.2, 0) is 24.5 Å². The third-order valence-electron chi connectivity index (χ3n) is 7.80. The zero-order valence-electron chi connectivity index (χ0n) is 22.2. The summed E-state index contributed by atoms with van der Waals surface area (Å²) >= 11 is -4.02. The molecule has 0 unspecified atom stereocenters. The maximum atomic E-state index is 12.5. The predicted octanol–water partition coefficient (Wildman–Crippen LogP) is 5.80. The second-order valence-corrected chi connectivity index (χ2v) is 12.0. The fraction of sp³-hybridized carbons (Fsp3) is 0. The molecule has 0 fully saturated rings. The van der Waals surface area contributed by atoms with Crippen molar-refractivity contribution < 1.29 is 24.5 Å². The van der Waals surface area contributed by atoms with E-state index in [1.54, 1.807) is 12.1 Å². The zero-order chi connectivity index (χ0) is 28.7. The van der Waals surface area contributed by atoms with Crippen molar-refractivity contribution in [3.63, 3.8) is 0 Å². The van der Waals surface area contributed by atoms with Gasteiger partial charge < -0.3 is 0 Å². The van der Waals surface area contributed by atoms with Gasteiger partial charge in [-0.3, -0.25) is 0 Å². The van der Waals surface area contributed by atoms with Gasteiger partial charge in [0.1, 0.15) is 0 Å². The number of aromatic amines is 2. The summed E-state index contributed by atoms with van der Waals surface area (Å²) in [6.45, 7) is 0. The summed E-state index contributed by atoms with van der Waals surface area (Å²) in [7, 11) is 0. The van der Waals surface area contributed by atoms with Crippen LogP contribution in [0.15, 0.2) is 91.0 Å². The van der Waals surface area contributed by atoms with Crippen molar-refractivity contribution in [3.8, 4) is 45.6 Å². The quantitative estimate of drug-likeness (QED) is 0.227. The number of hydrogen-bond acceptors (Lipinski definition) is 8. The molecule has 0 aliphatic carbocycles. The molecule has 2 N–H and O–H groups in total. The van der Waals surface area contributed by atoms with Crippen molar-refractivity contribution in [1.29, 1.82) is 0 Å². The number of fused-ring (bicyclic) bond motifs is 20. The molecule has 5 heterocycles. The van der Waals surface area contributed by atoms with Crippen molar-refractivity contribution in [2.24, 2.45) is 0 Å². The van der Waals surface area contributed by atoms with Crippen molar-refractivity contribution in [2.75, 3.05) is 0 Å². The molecule has 0 atom stereocenters. The number of nitrogens with one attached hydrogen (secondary N) is 2. The minimum absolute atomic E-state index is 0.244. The number of H-pyrrole nitrogens is 2. The Morgan fingerprint density at radius 3 is 1.30 bits per heavy atom. The van der Waals surface area contributed by atoms with E-state index in [-0.39, 0.29) is 3.87 Å². The summed E-state index contributed by atoms with van der Waals surface area (Å²) in [6, 6.07) is 28.6. The van der Waals surface area contributed by atoms with Crippen molar-refractivity contribution >= 4 is 48.0 Å². The molecule has 0 amide bonds. The Morgan fingerprint density at radius 2 is 0.814 bits per heavy atom. The Kier molecular flexibility index (Phi) is 5.08. The molecule has 4 aromatic carbocycles. The van der Waals surface area contributed by atoms with E-state index in [2.05, 4.69) is 9.97 Å². The predicted molar refractivity (Wildman–Crippen MR) is 157 cm³/mol. The first-order valence-corrected chi connectivity index (χ1v) is 15.6. The second-order valence-electron chi connectivity index (χ2n) is 10.3. The minimum atomic E-state index is -4.02. The van der Waals surface area contributed by atoms with Crippen LogP contribution in [0.3, 0.4) is 0 Å². The van der Waals surface area contributed by atoms with Crippen LogP contribution in [0, 0.1) is 0 Å². The number of benzene rings is 4. The Labute approximate surface area is 248 Å². The monoisotopic (exact) mass is 593 g/mol. The zero-order valence-corrected chi connectivity index (χ0v) is 23.7. The second kappa shape index (κ2) is 9.03. The number of aromatic nitrogens is 8. The molecule has 0 saturated carbocycles. The molecule has 7 aromatic rings. The van der Waals surface area contributed by atoms with E-state index in [0.29, 0.717) is 56.7 Å². The fourth-order valence-electron chi connectivity index (χ4n) is 5.86. The van der Waals surface area contributed by atoms with E-state index in [1.165, 1.54) is 0 Å². The molecular formula is C32H17N8O2Ti. The van der Waals surface area contributed by atoms with Crippen LogP contribution in [-0.4, -0.2) is 39.9 Å². The van der Waals surface area contributed by atoms with Gasteiger partial charge in [-0.2, -0.15) is 0 Å². The molecule has 9 rings (SSSR count). The van der Waals surface area contributed by atoms with Crippen LogP contribution in [0.2, 0.25) is 0 Å². The first kappa shape index (κ1) is 24.2. The Hall–Kier alpha value is -5.45. The van der Waals surface area contributed by atoms with Gasteiger partial charge >= 0.3 is 243 Å². The normalized spacial score (nSPS) is 11.9. The average molecular weight is 593 g/mol. The fourth-order valence-corrected chi connectivity index (χ4v) is 6.94. The molecule has 0 radical (unpaired) electrons. The standard InChI is InChI=1S/C32H17N8.2O.Ti/c1-2-10-18-17(9-1)25-33-26(18)38-28-21-13-5-6-14-22(21)30(35-28)40-32-24-16-8-7-15-23(24)31(36-32)39-29-20-12-4-3-11-19(20)27(34-29)37-25;;;/h1-15H,(H2,33,34,35,36,37,38,39,40);;;. The van der Waals surface area contributed by atoms with E-state index in [4.69, 9.17) is 29.9 Å². The van der Waals surface area contributed by atoms with Crippen molar-refractivity contribution in [3.05, 3.63) is 91.0 Å². The summed E-state index contributed by atoms with van der Waals surface area (Å²) in [5.41, 5.74) is 5.30. The SMILES string of the molecule is [O]=[Ti](=[O])[c]1cccc2c3nc4nc(nc5[nH]c(nc6nc(nc([nH]3)c12)-c1ccccc1-6)c1ccccc51)-c1ccccc1-4. The molecule has 2 aliphatic rings. The Balaban J connectivity index is 1.53. The van der Waals surface area contributed by atoms with Gasteiger partial charge in [-0.15, -0.1) is 0 Å². The summed E-state index contributed by atoms with van der Waals surface area (Å²) in [5.74, 6) is 1.88. The molecule has 8 bridgehead atoms. The van der Waals surface area contributed by atoms with E-state index in [1.807, 2.05) is 78.9 Å². The van der Waals surface area contributed by atoms with Crippen LogP contribution in [0.25, 0.3) is 89.7 Å². The molecule has 43 heavy (non-hydrogen) atoms. The third kappa shape index (κ3) is 3.64. The van der Waals surface area contributed by atoms with Gasteiger partial charge in [0.25, 0.3) is 0 Å². The number of nitrogens with zero attached hydrogens (tertiary/aromatic N) is 6. The van der Waals surface area contributed by atoms with Crippen LogP contribution in [0.1, 0.15) is 0 Å². The topological polar surface area (TPSA) is 143 Å². The molecule has 10 nitrogen and oxygen atoms in total. The van der Waals surface area contributed by atoms with Gasteiger partial charge in [0.15, 0.2) is 0 Å². The molecule has 2 aliphatic heterocycles. The average Bonchev–Trinajstić information content (AvgIpc) is 3.76. The van der Waals surface area contributed by atoms with E-state index < -0.39 is 17.8 Å². The van der Waals surface area contributed by atoms with E-state index >= 15 is 0 Å². The van der Waals surface area contributed by atoms with E-state index in [9.17, 15) is 6.65 Å². The van der Waals surface area contributed by atoms with Gasteiger partial charge in [0, 0.05) is 0 Å². The van der Waals surface area contributed by atoms with Gasteiger partial charge in [-0.05, 0) is 0 Å². The number of rotatable bonds is 1. The van der Waals surface area contributed by atoms with E-state index in [0.717, 1.165) is 33.0 Å². The molecule has 3 aromatic heterocycles. The Bertz CT molecular complexity index is 2570. The first-order valence-electron chi connectivity index (χ1n) is 13.6. The summed E-state index contributed by atoms with van der Waals surface area (Å²) in [4.78, 5) is 36.2. The summed E-state index contributed by atoms with van der Waals surface area (Å²) in [6.07, 6.45) is 0. The Morgan fingerprint density at radius 1 is 0.419 bits per heavy atom. The van der Waals surface area contributed by atoms with Gasteiger partial charge in [-0.25, -0.2) is 0 Å². The molecule has 0 saturated heterocycles. The first-order chi connectivity index (χ1) is 21.1. The van der Waals surface area contributed by atoms with Crippen LogP contribution in [0.5, 0.6) is 0 Å². The molecule has 0 spiro atoms. The molecular weight excluding hydrogens is 576 g/mol. The van der Waals surface area contributed by atoms with Gasteiger partial charge in [-0.1, -0.05) is 6.07 Å². The third-order valence-corrected chi connectivity index (χ3v) is 9.14. The van der Waals surface area contributed by atoms with Gasteiger partial charge in [0.05, 0.1) is 0 Å². The number of hydrogen-bond donors (Lipinski definition) is 2. The summed E-state index contributed by atoms with van der Waals surface area (Å²) in [5, 5.41) is 2.91. The van der Waals surface area contributed by atoms with Gasteiger partial charge in [0.2, 0.25) is 0 Å². The van der Waals surface area contributed by atoms with Crippen molar-refractivity contribution in [2.45, 2.75) is 0 Å². The summed E-state index contributed by atoms with van der Waals surface area (Å²) < 4.78 is 25.2. The van der Waals surface area contributed by atoms with Crippen LogP contribution >= 0.6 is 0 Å².